The van der Waals surface area contributed by atoms with Crippen molar-refractivity contribution in [2.24, 2.45) is 7.05 Å². The van der Waals surface area contributed by atoms with E-state index in [1.54, 1.807) is 13.2 Å². The molecule has 3 rings (SSSR count). The summed E-state index contributed by atoms with van der Waals surface area (Å²) in [5.41, 5.74) is 1.61. The van der Waals surface area contributed by atoms with Crippen molar-refractivity contribution in [1.29, 1.82) is 0 Å². The van der Waals surface area contributed by atoms with Crippen molar-refractivity contribution in [1.82, 2.24) is 18.9 Å². The fraction of sp³-hybridized carbons (Fsp3) is 0.400. The second kappa shape index (κ2) is 7.01. The van der Waals surface area contributed by atoms with E-state index in [1.165, 1.54) is 23.7 Å². The third-order valence-corrected chi connectivity index (χ3v) is 4.27. The zero-order valence-corrected chi connectivity index (χ0v) is 13.9. The Bertz CT molecular complexity index is 800. The lowest BCUT2D eigenvalue weighted by molar-refractivity contribution is 0.201. The first-order valence-corrected chi connectivity index (χ1v) is 8.11. The Labute approximate surface area is 137 Å². The Morgan fingerprint density at radius 1 is 1.30 bits per heavy atom. The van der Waals surface area contributed by atoms with Gasteiger partial charge in [-0.15, -0.1) is 0 Å². The molecule has 0 radical (unpaired) electrons. The molecule has 2 heterocycles. The Kier molecular flexibility index (Phi) is 4.82. The van der Waals surface area contributed by atoms with Crippen LogP contribution in [0.3, 0.4) is 0 Å². The van der Waals surface area contributed by atoms with E-state index in [0.29, 0.717) is 19.6 Å². The molecule has 0 unspecified atom stereocenters. The zero-order valence-electron chi connectivity index (χ0n) is 13.0. The number of aryl methyl sites for hydroxylation is 1. The minimum Gasteiger partial charge on any atom is -0.384 e. The SMILES string of the molecule is COCCc1nsc(NCCc2nc3ccc(F)cc3n2C)n1. The number of benzene rings is 1. The van der Waals surface area contributed by atoms with E-state index in [4.69, 9.17) is 4.74 Å². The highest BCUT2D eigenvalue weighted by molar-refractivity contribution is 7.09. The molecule has 0 amide bonds. The maximum Gasteiger partial charge on any atom is 0.202 e. The first-order valence-electron chi connectivity index (χ1n) is 7.33. The van der Waals surface area contributed by atoms with Crippen LogP contribution in [0.2, 0.25) is 0 Å². The number of rotatable bonds is 7. The summed E-state index contributed by atoms with van der Waals surface area (Å²) in [6, 6.07) is 4.64. The van der Waals surface area contributed by atoms with E-state index >= 15 is 0 Å². The summed E-state index contributed by atoms with van der Waals surface area (Å²) in [4.78, 5) is 8.93. The quantitative estimate of drug-likeness (QED) is 0.718. The molecule has 1 N–H and O–H groups in total. The highest BCUT2D eigenvalue weighted by Crippen LogP contribution is 2.17. The van der Waals surface area contributed by atoms with Gasteiger partial charge >= 0.3 is 0 Å². The molecular weight excluding hydrogens is 317 g/mol. The minimum atomic E-state index is -0.248. The Morgan fingerprint density at radius 2 is 2.17 bits per heavy atom. The molecule has 0 saturated heterocycles. The summed E-state index contributed by atoms with van der Waals surface area (Å²) >= 11 is 1.34. The van der Waals surface area contributed by atoms with Crippen LogP contribution in [0.1, 0.15) is 11.6 Å². The van der Waals surface area contributed by atoms with Gasteiger partial charge in [0.1, 0.15) is 17.5 Å². The molecule has 23 heavy (non-hydrogen) atoms. The van der Waals surface area contributed by atoms with Crippen molar-refractivity contribution in [3.8, 4) is 0 Å². The number of fused-ring (bicyclic) bond motifs is 1. The number of anilines is 1. The van der Waals surface area contributed by atoms with Crippen molar-refractivity contribution in [2.75, 3.05) is 25.6 Å². The lowest BCUT2D eigenvalue weighted by Gasteiger charge is -2.03. The van der Waals surface area contributed by atoms with Gasteiger partial charge in [-0.3, -0.25) is 0 Å². The molecule has 3 aromatic rings. The third-order valence-electron chi connectivity index (χ3n) is 3.56. The molecule has 0 spiro atoms. The van der Waals surface area contributed by atoms with Gasteiger partial charge in [0.15, 0.2) is 0 Å². The maximum atomic E-state index is 13.3. The average Bonchev–Trinajstić information content (AvgIpc) is 3.11. The molecule has 0 fully saturated rings. The number of hydrogen-bond donors (Lipinski definition) is 1. The van der Waals surface area contributed by atoms with E-state index in [9.17, 15) is 4.39 Å². The van der Waals surface area contributed by atoms with Gasteiger partial charge in [0.25, 0.3) is 0 Å². The van der Waals surface area contributed by atoms with Gasteiger partial charge < -0.3 is 14.6 Å². The first-order chi connectivity index (χ1) is 11.2. The molecule has 1 aromatic carbocycles. The average molecular weight is 335 g/mol. The van der Waals surface area contributed by atoms with Gasteiger partial charge in [-0.25, -0.2) is 14.4 Å². The summed E-state index contributed by atoms with van der Waals surface area (Å²) in [5.74, 6) is 1.45. The van der Waals surface area contributed by atoms with Crippen molar-refractivity contribution in [3.05, 3.63) is 35.7 Å². The standard InChI is InChI=1S/C15H18FN5OS/c1-21-12-9-10(16)3-4-11(12)18-14(21)5-7-17-15-19-13(20-23-15)6-8-22-2/h3-4,9H,5-8H2,1-2H3,(H,17,19,20). The first kappa shape index (κ1) is 15.8. The van der Waals surface area contributed by atoms with Crippen LogP contribution in [0, 0.1) is 5.82 Å². The highest BCUT2D eigenvalue weighted by atomic mass is 32.1. The molecule has 122 valence electrons. The lowest BCUT2D eigenvalue weighted by atomic mass is 10.3. The number of nitrogens with zero attached hydrogens (tertiary/aromatic N) is 4. The summed E-state index contributed by atoms with van der Waals surface area (Å²) in [7, 11) is 3.56. The maximum absolute atomic E-state index is 13.3. The second-order valence-corrected chi connectivity index (χ2v) is 5.91. The monoisotopic (exact) mass is 335 g/mol. The second-order valence-electron chi connectivity index (χ2n) is 5.16. The van der Waals surface area contributed by atoms with Crippen LogP contribution < -0.4 is 5.32 Å². The zero-order chi connectivity index (χ0) is 16.2. The van der Waals surface area contributed by atoms with Crippen LogP contribution in [0.25, 0.3) is 11.0 Å². The van der Waals surface area contributed by atoms with E-state index in [1.807, 2.05) is 11.6 Å². The molecule has 0 aliphatic heterocycles. The minimum absolute atomic E-state index is 0.248. The summed E-state index contributed by atoms with van der Waals surface area (Å²) in [6.45, 7) is 1.31. The Morgan fingerprint density at radius 3 is 3.00 bits per heavy atom. The number of nitrogens with one attached hydrogen (secondary N) is 1. The van der Waals surface area contributed by atoms with Gasteiger partial charge in [0.05, 0.1) is 17.6 Å². The molecule has 0 atom stereocenters. The van der Waals surface area contributed by atoms with Gasteiger partial charge in [0.2, 0.25) is 5.13 Å². The summed E-state index contributed by atoms with van der Waals surface area (Å²) < 4.78 is 24.5. The van der Waals surface area contributed by atoms with Crippen molar-refractivity contribution in [3.63, 3.8) is 0 Å². The molecule has 8 heteroatoms. The number of methoxy groups -OCH3 is 1. The van der Waals surface area contributed by atoms with Crippen LogP contribution in [0.4, 0.5) is 9.52 Å². The Hall–Kier alpha value is -2.06. The molecule has 0 bridgehead atoms. The molecule has 0 aliphatic rings. The number of ether oxygens (including phenoxy) is 1. The van der Waals surface area contributed by atoms with Crippen LogP contribution in [-0.2, 0) is 24.6 Å². The van der Waals surface area contributed by atoms with Crippen molar-refractivity contribution >= 4 is 27.7 Å². The van der Waals surface area contributed by atoms with Crippen LogP contribution >= 0.6 is 11.5 Å². The number of halogens is 1. The van der Waals surface area contributed by atoms with E-state index in [0.717, 1.165) is 34.2 Å². The van der Waals surface area contributed by atoms with Crippen LogP contribution in [0.15, 0.2) is 18.2 Å². The molecule has 0 saturated carbocycles. The third kappa shape index (κ3) is 3.65. The summed E-state index contributed by atoms with van der Waals surface area (Å²) in [5, 5.41) is 4.04. The fourth-order valence-electron chi connectivity index (χ4n) is 2.34. The predicted molar refractivity (Wildman–Crippen MR) is 88.4 cm³/mol. The van der Waals surface area contributed by atoms with Gasteiger partial charge in [0, 0.05) is 45.1 Å². The van der Waals surface area contributed by atoms with Crippen molar-refractivity contribution < 1.29 is 9.13 Å². The smallest absolute Gasteiger partial charge is 0.202 e. The number of hydrogen-bond acceptors (Lipinski definition) is 6. The van der Waals surface area contributed by atoms with Crippen LogP contribution in [-0.4, -0.2) is 39.2 Å². The van der Waals surface area contributed by atoms with E-state index in [2.05, 4.69) is 19.7 Å². The van der Waals surface area contributed by atoms with E-state index < -0.39 is 0 Å². The normalized spacial score (nSPS) is 11.3. The fourth-order valence-corrected chi connectivity index (χ4v) is 2.98. The molecular formula is C15H18FN5OS. The van der Waals surface area contributed by atoms with Crippen LogP contribution in [0.5, 0.6) is 0 Å². The molecule has 0 aliphatic carbocycles. The number of aromatic nitrogens is 4. The van der Waals surface area contributed by atoms with Gasteiger partial charge in [-0.05, 0) is 18.2 Å². The molecule has 2 aromatic heterocycles. The highest BCUT2D eigenvalue weighted by Gasteiger charge is 2.09. The predicted octanol–water partition coefficient (Wildman–Crippen LogP) is 2.41. The van der Waals surface area contributed by atoms with Gasteiger partial charge in [-0.2, -0.15) is 4.37 Å². The van der Waals surface area contributed by atoms with Crippen molar-refractivity contribution in [2.45, 2.75) is 12.8 Å². The largest absolute Gasteiger partial charge is 0.384 e. The Balaban J connectivity index is 1.60. The lowest BCUT2D eigenvalue weighted by Crippen LogP contribution is -2.08. The van der Waals surface area contributed by atoms with E-state index in [-0.39, 0.29) is 5.82 Å². The van der Waals surface area contributed by atoms with Gasteiger partial charge in [-0.1, -0.05) is 0 Å². The number of imidazole rings is 1. The molecule has 6 nitrogen and oxygen atoms in total. The topological polar surface area (TPSA) is 64.9 Å². The summed E-state index contributed by atoms with van der Waals surface area (Å²) in [6.07, 6.45) is 1.44.